The number of nitrogens with one attached hydrogen (secondary N) is 1. The van der Waals surface area contributed by atoms with E-state index in [2.05, 4.69) is 5.32 Å². The van der Waals surface area contributed by atoms with Crippen LogP contribution in [-0.2, 0) is 20.7 Å². The Bertz CT molecular complexity index is 980. The molecular formula is C26H32FN3O4. The Hall–Kier alpha value is -2.74. The van der Waals surface area contributed by atoms with Gasteiger partial charge in [0.25, 0.3) is 5.91 Å². The third-order valence-corrected chi connectivity index (χ3v) is 7.80. The van der Waals surface area contributed by atoms with E-state index in [4.69, 9.17) is 4.74 Å². The minimum absolute atomic E-state index is 0.102. The number of hydrogen-bond acceptors (Lipinski definition) is 4. The zero-order valence-electron chi connectivity index (χ0n) is 19.4. The van der Waals surface area contributed by atoms with Gasteiger partial charge in [0.05, 0.1) is 12.6 Å². The van der Waals surface area contributed by atoms with Gasteiger partial charge in [-0.3, -0.25) is 14.5 Å². The summed E-state index contributed by atoms with van der Waals surface area (Å²) in [5, 5.41) is 3.05. The first-order chi connectivity index (χ1) is 16.5. The number of nitrogens with zero attached hydrogens (tertiary/aromatic N) is 2. The summed E-state index contributed by atoms with van der Waals surface area (Å²) < 4.78 is 19.2. The highest BCUT2D eigenvalue weighted by Gasteiger charge is 2.56. The molecule has 0 aromatic heterocycles. The molecule has 2 unspecified atom stereocenters. The zero-order valence-corrected chi connectivity index (χ0v) is 19.4. The number of amides is 4. The molecule has 0 bridgehead atoms. The van der Waals surface area contributed by atoms with Gasteiger partial charge in [-0.1, -0.05) is 18.2 Å². The van der Waals surface area contributed by atoms with Crippen LogP contribution in [0, 0.1) is 11.7 Å². The second kappa shape index (κ2) is 9.49. The topological polar surface area (TPSA) is 79.0 Å². The molecule has 0 saturated carbocycles. The van der Waals surface area contributed by atoms with Gasteiger partial charge >= 0.3 is 6.03 Å². The van der Waals surface area contributed by atoms with E-state index in [1.807, 2.05) is 11.0 Å². The number of carbonyl (C=O) groups is 3. The van der Waals surface area contributed by atoms with Crippen molar-refractivity contribution in [3.05, 3.63) is 47.3 Å². The molecule has 0 radical (unpaired) electrons. The Morgan fingerprint density at radius 2 is 1.88 bits per heavy atom. The maximum Gasteiger partial charge on any atom is 0.325 e. The van der Waals surface area contributed by atoms with Crippen LogP contribution in [0.1, 0.15) is 50.5 Å². The second-order valence-electron chi connectivity index (χ2n) is 9.94. The fourth-order valence-electron chi connectivity index (χ4n) is 5.91. The van der Waals surface area contributed by atoms with E-state index in [-0.39, 0.29) is 36.2 Å². The van der Waals surface area contributed by atoms with Crippen LogP contribution in [0.3, 0.4) is 0 Å². The van der Waals surface area contributed by atoms with Gasteiger partial charge in [-0.15, -0.1) is 0 Å². The number of likely N-dealkylation sites (tertiary alicyclic amines) is 1. The van der Waals surface area contributed by atoms with E-state index >= 15 is 0 Å². The molecule has 7 nitrogen and oxygen atoms in total. The average Bonchev–Trinajstić information content (AvgIpc) is 3.60. The number of benzene rings is 1. The van der Waals surface area contributed by atoms with Crippen molar-refractivity contribution in [2.24, 2.45) is 5.92 Å². The van der Waals surface area contributed by atoms with Gasteiger partial charge in [0.1, 0.15) is 11.4 Å². The molecule has 3 saturated heterocycles. The quantitative estimate of drug-likeness (QED) is 0.649. The first kappa shape index (κ1) is 23.0. The lowest BCUT2D eigenvalue weighted by atomic mass is 9.73. The van der Waals surface area contributed by atoms with Crippen molar-refractivity contribution < 1.29 is 23.5 Å². The molecule has 1 aromatic carbocycles. The fourth-order valence-corrected chi connectivity index (χ4v) is 5.91. The Morgan fingerprint density at radius 3 is 2.53 bits per heavy atom. The van der Waals surface area contributed by atoms with Crippen LogP contribution < -0.4 is 5.32 Å². The summed E-state index contributed by atoms with van der Waals surface area (Å²) >= 11 is 0. The minimum Gasteiger partial charge on any atom is -0.376 e. The number of piperidine rings is 1. The van der Waals surface area contributed by atoms with Crippen LogP contribution in [0.25, 0.3) is 0 Å². The Labute approximate surface area is 199 Å². The van der Waals surface area contributed by atoms with Gasteiger partial charge < -0.3 is 15.0 Å². The molecule has 3 fully saturated rings. The van der Waals surface area contributed by atoms with E-state index in [0.29, 0.717) is 39.0 Å². The lowest BCUT2D eigenvalue weighted by molar-refractivity contribution is -0.135. The van der Waals surface area contributed by atoms with E-state index < -0.39 is 11.6 Å². The molecule has 2 atom stereocenters. The van der Waals surface area contributed by atoms with Crippen molar-refractivity contribution >= 4 is 17.8 Å². The number of rotatable bonds is 6. The summed E-state index contributed by atoms with van der Waals surface area (Å²) in [5.41, 5.74) is 0.589. The molecule has 1 N–H and O–H groups in total. The maximum absolute atomic E-state index is 13.8. The number of urea groups is 1. The Kier molecular flexibility index (Phi) is 6.42. The number of allylic oxidation sites excluding steroid dienone is 1. The molecule has 0 spiro atoms. The SMILES string of the molecule is O=C(C1=CCCC1)N1CCC(C2(Cc3ccc(F)cc3)NC(=O)N(CC3CCCO3)C2=O)CC1. The van der Waals surface area contributed by atoms with Crippen molar-refractivity contribution in [1.29, 1.82) is 0 Å². The molecule has 1 aliphatic carbocycles. The van der Waals surface area contributed by atoms with Crippen LogP contribution in [0.2, 0.25) is 0 Å². The van der Waals surface area contributed by atoms with E-state index in [1.54, 1.807) is 12.1 Å². The zero-order chi connectivity index (χ0) is 23.7. The van der Waals surface area contributed by atoms with E-state index in [0.717, 1.165) is 43.2 Å². The highest BCUT2D eigenvalue weighted by Crippen LogP contribution is 2.37. The standard InChI is InChI=1S/C26H32FN3O4/c27-21-9-7-18(8-10-21)16-26(24(32)30(25(33)28-26)17-22-6-3-15-34-22)20-11-13-29(14-12-20)23(31)19-4-1-2-5-19/h4,7-10,20,22H,1-3,5-6,11-17H2,(H,28,33). The van der Waals surface area contributed by atoms with Crippen LogP contribution >= 0.6 is 0 Å². The lowest BCUT2D eigenvalue weighted by Gasteiger charge is -2.41. The summed E-state index contributed by atoms with van der Waals surface area (Å²) in [4.78, 5) is 42.9. The predicted octanol–water partition coefficient (Wildman–Crippen LogP) is 3.19. The van der Waals surface area contributed by atoms with Gasteiger partial charge in [0.15, 0.2) is 0 Å². The minimum atomic E-state index is -1.10. The summed E-state index contributed by atoms with van der Waals surface area (Å²) in [6.45, 7) is 2.01. The fraction of sp³-hybridized carbons (Fsp3) is 0.577. The summed E-state index contributed by atoms with van der Waals surface area (Å²) in [6.07, 6.45) is 8.03. The van der Waals surface area contributed by atoms with Gasteiger partial charge in [-0.2, -0.15) is 0 Å². The summed E-state index contributed by atoms with van der Waals surface area (Å²) in [7, 11) is 0. The second-order valence-corrected chi connectivity index (χ2v) is 9.94. The van der Waals surface area contributed by atoms with Crippen LogP contribution in [0.4, 0.5) is 9.18 Å². The monoisotopic (exact) mass is 469 g/mol. The van der Waals surface area contributed by atoms with Crippen molar-refractivity contribution in [2.45, 2.75) is 63.0 Å². The highest BCUT2D eigenvalue weighted by molar-refractivity contribution is 6.07. The van der Waals surface area contributed by atoms with Crippen molar-refractivity contribution in [3.63, 3.8) is 0 Å². The molecule has 182 valence electrons. The number of imide groups is 1. The molecule has 34 heavy (non-hydrogen) atoms. The summed E-state index contributed by atoms with van der Waals surface area (Å²) in [6, 6.07) is 5.71. The molecular weight excluding hydrogens is 437 g/mol. The molecule has 4 aliphatic rings. The van der Waals surface area contributed by atoms with E-state index in [9.17, 15) is 18.8 Å². The smallest absolute Gasteiger partial charge is 0.325 e. The predicted molar refractivity (Wildman–Crippen MR) is 123 cm³/mol. The van der Waals surface area contributed by atoms with Crippen LogP contribution in [0.15, 0.2) is 35.9 Å². The molecule has 3 aliphatic heterocycles. The van der Waals surface area contributed by atoms with E-state index in [1.165, 1.54) is 17.0 Å². The highest BCUT2D eigenvalue weighted by atomic mass is 19.1. The third kappa shape index (κ3) is 4.35. The average molecular weight is 470 g/mol. The molecule has 5 rings (SSSR count). The van der Waals surface area contributed by atoms with Crippen LogP contribution in [0.5, 0.6) is 0 Å². The lowest BCUT2D eigenvalue weighted by Crippen LogP contribution is -2.58. The number of halogens is 1. The number of carbonyl (C=O) groups excluding carboxylic acids is 3. The van der Waals surface area contributed by atoms with Crippen molar-refractivity contribution in [1.82, 2.24) is 15.1 Å². The first-order valence-corrected chi connectivity index (χ1v) is 12.4. The van der Waals surface area contributed by atoms with Gasteiger partial charge in [0.2, 0.25) is 5.91 Å². The van der Waals surface area contributed by atoms with Gasteiger partial charge in [-0.25, -0.2) is 9.18 Å². The van der Waals surface area contributed by atoms with Crippen LogP contribution in [-0.4, -0.2) is 65.5 Å². The first-order valence-electron chi connectivity index (χ1n) is 12.4. The molecule has 8 heteroatoms. The summed E-state index contributed by atoms with van der Waals surface area (Å²) in [5.74, 6) is -0.594. The number of hydrogen-bond donors (Lipinski definition) is 1. The largest absolute Gasteiger partial charge is 0.376 e. The van der Waals surface area contributed by atoms with Crippen molar-refractivity contribution in [3.8, 4) is 0 Å². The Morgan fingerprint density at radius 1 is 1.12 bits per heavy atom. The third-order valence-electron chi connectivity index (χ3n) is 7.80. The van der Waals surface area contributed by atoms with Gasteiger partial charge in [0, 0.05) is 31.7 Å². The maximum atomic E-state index is 13.8. The molecule has 3 heterocycles. The van der Waals surface area contributed by atoms with Crippen molar-refractivity contribution in [2.75, 3.05) is 26.2 Å². The molecule has 4 amide bonds. The van der Waals surface area contributed by atoms with Gasteiger partial charge in [-0.05, 0) is 68.6 Å². The Balaban J connectivity index is 1.36. The normalized spacial score (nSPS) is 27.9. The number of ether oxygens (including phenoxy) is 1. The molecule has 1 aromatic rings.